The number of carboxylic acids is 1. The zero-order valence-electron chi connectivity index (χ0n) is 8.68. The van der Waals surface area contributed by atoms with Crippen molar-refractivity contribution in [3.05, 3.63) is 47.1 Å². The van der Waals surface area contributed by atoms with Crippen molar-refractivity contribution < 1.29 is 14.3 Å². The summed E-state index contributed by atoms with van der Waals surface area (Å²) >= 11 is 5.82. The molecule has 0 saturated carbocycles. The number of halogens is 1. The monoisotopic (exact) mass is 252 g/mol. The summed E-state index contributed by atoms with van der Waals surface area (Å²) in [6, 6.07) is 7.17. The van der Waals surface area contributed by atoms with E-state index >= 15 is 0 Å². The minimum atomic E-state index is -1.13. The van der Waals surface area contributed by atoms with Gasteiger partial charge >= 0.3 is 5.97 Å². The molecule has 0 atom stereocenters. The minimum Gasteiger partial charge on any atom is -0.475 e. The molecule has 2 aromatic rings. The molecule has 2 rings (SSSR count). The Kier molecular flexibility index (Phi) is 3.30. The molecule has 1 aromatic heterocycles. The molecule has 88 valence electrons. The normalized spacial score (nSPS) is 10.2. The lowest BCUT2D eigenvalue weighted by molar-refractivity contribution is 0.0660. The fourth-order valence-corrected chi connectivity index (χ4v) is 1.46. The molecule has 2 N–H and O–H groups in total. The number of nitrogens with zero attached hydrogens (tertiary/aromatic N) is 1. The minimum absolute atomic E-state index is 0.173. The number of aromatic nitrogens is 1. The van der Waals surface area contributed by atoms with Crippen LogP contribution in [0.15, 0.2) is 34.9 Å². The summed E-state index contributed by atoms with van der Waals surface area (Å²) in [6.07, 6.45) is 1.18. The highest BCUT2D eigenvalue weighted by molar-refractivity contribution is 6.30. The van der Waals surface area contributed by atoms with Crippen molar-refractivity contribution in [3.63, 3.8) is 0 Å². The van der Waals surface area contributed by atoms with E-state index in [4.69, 9.17) is 21.1 Å². The molecule has 0 amide bonds. The van der Waals surface area contributed by atoms with Gasteiger partial charge in [0.25, 0.3) is 0 Å². The average molecular weight is 253 g/mol. The van der Waals surface area contributed by atoms with Crippen LogP contribution in [0.2, 0.25) is 5.02 Å². The highest BCUT2D eigenvalue weighted by atomic mass is 35.5. The molecule has 0 spiro atoms. The Morgan fingerprint density at radius 1 is 1.53 bits per heavy atom. The Bertz CT molecular complexity index is 539. The van der Waals surface area contributed by atoms with E-state index in [0.29, 0.717) is 17.5 Å². The van der Waals surface area contributed by atoms with Crippen molar-refractivity contribution in [2.24, 2.45) is 0 Å². The number of anilines is 1. The smallest absolute Gasteiger partial charge is 0.373 e. The molecule has 17 heavy (non-hydrogen) atoms. The highest BCUT2D eigenvalue weighted by Gasteiger charge is 2.09. The summed E-state index contributed by atoms with van der Waals surface area (Å²) in [6.45, 7) is 0.299. The van der Waals surface area contributed by atoms with Crippen molar-refractivity contribution in [1.29, 1.82) is 0 Å². The quantitative estimate of drug-likeness (QED) is 0.875. The summed E-state index contributed by atoms with van der Waals surface area (Å²) in [7, 11) is 0. The van der Waals surface area contributed by atoms with Crippen molar-refractivity contribution in [2.45, 2.75) is 6.54 Å². The molecule has 6 heteroatoms. The van der Waals surface area contributed by atoms with Gasteiger partial charge in [0.1, 0.15) is 0 Å². The number of carbonyl (C=O) groups is 1. The van der Waals surface area contributed by atoms with Gasteiger partial charge in [0.15, 0.2) is 0 Å². The summed E-state index contributed by atoms with van der Waals surface area (Å²) in [5, 5.41) is 12.3. The van der Waals surface area contributed by atoms with E-state index in [1.54, 1.807) is 12.1 Å². The number of oxazole rings is 1. The number of rotatable bonds is 4. The number of hydrogen-bond donors (Lipinski definition) is 2. The zero-order chi connectivity index (χ0) is 12.3. The summed E-state index contributed by atoms with van der Waals surface area (Å²) < 4.78 is 4.99. The topological polar surface area (TPSA) is 75.4 Å². The Morgan fingerprint density at radius 3 is 3.00 bits per heavy atom. The second-order valence-corrected chi connectivity index (χ2v) is 3.72. The molecule has 5 nitrogen and oxygen atoms in total. The first-order chi connectivity index (χ1) is 8.15. The number of benzene rings is 1. The Hall–Kier alpha value is -2.01. The van der Waals surface area contributed by atoms with Crippen LogP contribution >= 0.6 is 11.6 Å². The molecule has 1 heterocycles. The predicted molar refractivity (Wildman–Crippen MR) is 62.2 cm³/mol. The van der Waals surface area contributed by atoms with Crippen LogP contribution in [0.25, 0.3) is 0 Å². The van der Waals surface area contributed by atoms with Crippen LogP contribution in [-0.2, 0) is 6.54 Å². The molecule has 0 fully saturated rings. The Balaban J connectivity index is 2.00. The Labute approximate surface area is 102 Å². The number of hydrogen-bond acceptors (Lipinski definition) is 4. The first kappa shape index (κ1) is 11.5. The lowest BCUT2D eigenvalue weighted by atomic mass is 10.3. The average Bonchev–Trinajstić information content (AvgIpc) is 2.75. The fraction of sp³-hybridized carbons (Fsp3) is 0.0909. The van der Waals surface area contributed by atoms with Crippen LogP contribution in [0.4, 0.5) is 5.69 Å². The van der Waals surface area contributed by atoms with Crippen LogP contribution in [0.1, 0.15) is 16.4 Å². The number of aromatic carboxylic acids is 1. The SMILES string of the molecule is O=C(O)c1cnc(CNc2cccc(Cl)c2)o1. The first-order valence-electron chi connectivity index (χ1n) is 4.82. The van der Waals surface area contributed by atoms with Crippen molar-refractivity contribution in [3.8, 4) is 0 Å². The highest BCUT2D eigenvalue weighted by Crippen LogP contribution is 2.15. The predicted octanol–water partition coefficient (Wildman–Crippen LogP) is 2.64. The lowest BCUT2D eigenvalue weighted by Gasteiger charge is -2.03. The van der Waals surface area contributed by atoms with Gasteiger partial charge in [-0.25, -0.2) is 9.78 Å². The van der Waals surface area contributed by atoms with Crippen molar-refractivity contribution in [2.75, 3.05) is 5.32 Å². The molecular weight excluding hydrogens is 244 g/mol. The van der Waals surface area contributed by atoms with Gasteiger partial charge in [-0.3, -0.25) is 0 Å². The number of nitrogens with one attached hydrogen (secondary N) is 1. The Morgan fingerprint density at radius 2 is 2.35 bits per heavy atom. The maximum Gasteiger partial charge on any atom is 0.373 e. The molecule has 1 aromatic carbocycles. The van der Waals surface area contributed by atoms with Gasteiger partial charge in [-0.1, -0.05) is 17.7 Å². The van der Waals surface area contributed by atoms with Gasteiger partial charge < -0.3 is 14.8 Å². The molecule has 0 radical (unpaired) electrons. The fourth-order valence-electron chi connectivity index (χ4n) is 1.27. The van der Waals surface area contributed by atoms with Crippen LogP contribution in [0.3, 0.4) is 0 Å². The van der Waals surface area contributed by atoms with Gasteiger partial charge in [-0.2, -0.15) is 0 Å². The van der Waals surface area contributed by atoms with E-state index in [-0.39, 0.29) is 5.76 Å². The second-order valence-electron chi connectivity index (χ2n) is 3.29. The third kappa shape index (κ3) is 2.98. The molecule has 0 bridgehead atoms. The van der Waals surface area contributed by atoms with E-state index in [2.05, 4.69) is 10.3 Å². The van der Waals surface area contributed by atoms with E-state index in [1.807, 2.05) is 12.1 Å². The van der Waals surface area contributed by atoms with Crippen molar-refractivity contribution >= 4 is 23.3 Å². The van der Waals surface area contributed by atoms with Gasteiger partial charge in [0.2, 0.25) is 11.7 Å². The van der Waals surface area contributed by atoms with Crippen molar-refractivity contribution in [1.82, 2.24) is 4.98 Å². The summed E-state index contributed by atoms with van der Waals surface area (Å²) in [4.78, 5) is 14.4. The third-order valence-corrected chi connectivity index (χ3v) is 2.27. The molecule has 0 aliphatic rings. The molecule has 0 aliphatic heterocycles. The van der Waals surface area contributed by atoms with Gasteiger partial charge in [0, 0.05) is 10.7 Å². The van der Waals surface area contributed by atoms with Gasteiger partial charge in [0.05, 0.1) is 12.7 Å². The number of carboxylic acid groups (broad SMARTS) is 1. The van der Waals surface area contributed by atoms with Gasteiger partial charge in [-0.05, 0) is 18.2 Å². The van der Waals surface area contributed by atoms with E-state index in [9.17, 15) is 4.79 Å². The van der Waals surface area contributed by atoms with E-state index < -0.39 is 5.97 Å². The molecule has 0 aliphatic carbocycles. The van der Waals surface area contributed by atoms with Crippen LogP contribution < -0.4 is 5.32 Å². The van der Waals surface area contributed by atoms with Crippen LogP contribution in [-0.4, -0.2) is 16.1 Å². The lowest BCUT2D eigenvalue weighted by Crippen LogP contribution is -1.99. The standard InChI is InChI=1S/C11H9ClN2O3/c12-7-2-1-3-8(4-7)13-6-10-14-5-9(17-10)11(15)16/h1-5,13H,6H2,(H,15,16). The summed E-state index contributed by atoms with van der Waals surface area (Å²) in [5.41, 5.74) is 0.813. The first-order valence-corrected chi connectivity index (χ1v) is 5.20. The molecule has 0 unspecified atom stereocenters. The maximum atomic E-state index is 10.6. The zero-order valence-corrected chi connectivity index (χ0v) is 9.44. The van der Waals surface area contributed by atoms with E-state index in [0.717, 1.165) is 5.69 Å². The third-order valence-electron chi connectivity index (χ3n) is 2.03. The summed E-state index contributed by atoms with van der Waals surface area (Å²) in [5.74, 6) is -0.998. The maximum absolute atomic E-state index is 10.6. The van der Waals surface area contributed by atoms with E-state index in [1.165, 1.54) is 6.20 Å². The van der Waals surface area contributed by atoms with Crippen LogP contribution in [0.5, 0.6) is 0 Å². The van der Waals surface area contributed by atoms with Crippen LogP contribution in [0, 0.1) is 0 Å². The largest absolute Gasteiger partial charge is 0.475 e. The second kappa shape index (κ2) is 4.88. The molecular formula is C11H9ClN2O3. The molecule has 0 saturated heterocycles. The van der Waals surface area contributed by atoms with Gasteiger partial charge in [-0.15, -0.1) is 0 Å².